The molecule has 0 spiro atoms. The first-order chi connectivity index (χ1) is 11.6. The molecule has 0 aliphatic rings. The topological polar surface area (TPSA) is 73.8 Å². The summed E-state index contributed by atoms with van der Waals surface area (Å²) >= 11 is 0. The SMILES string of the molecule is CCCCN(C)C(=NC)NCc1ccccc1S(=O)(=O)NC(C)(C)C.I. The van der Waals surface area contributed by atoms with Crippen LogP contribution in [0.5, 0.6) is 0 Å². The number of hydrogen-bond donors (Lipinski definition) is 2. The molecule has 0 bridgehead atoms. The van der Waals surface area contributed by atoms with Crippen molar-refractivity contribution in [3.8, 4) is 0 Å². The summed E-state index contributed by atoms with van der Waals surface area (Å²) in [5, 5.41) is 3.25. The maximum Gasteiger partial charge on any atom is 0.241 e. The van der Waals surface area contributed by atoms with E-state index in [9.17, 15) is 8.42 Å². The minimum Gasteiger partial charge on any atom is -0.352 e. The van der Waals surface area contributed by atoms with E-state index in [0.717, 1.165) is 25.3 Å². The second kappa shape index (κ2) is 11.1. The molecule has 1 aromatic carbocycles. The summed E-state index contributed by atoms with van der Waals surface area (Å²) in [5.74, 6) is 0.754. The zero-order valence-electron chi connectivity index (χ0n) is 16.7. The molecule has 0 aliphatic heterocycles. The van der Waals surface area contributed by atoms with Crippen LogP contribution in [0.15, 0.2) is 34.2 Å². The quantitative estimate of drug-likeness (QED) is 0.346. The molecular weight excluding hydrogens is 463 g/mol. The highest BCUT2D eigenvalue weighted by molar-refractivity contribution is 14.0. The predicted octanol–water partition coefficient (Wildman–Crippen LogP) is 3.19. The van der Waals surface area contributed by atoms with Crippen LogP contribution in [0.1, 0.15) is 46.1 Å². The lowest BCUT2D eigenvalue weighted by Gasteiger charge is -2.23. The van der Waals surface area contributed by atoms with Gasteiger partial charge in [-0.2, -0.15) is 0 Å². The van der Waals surface area contributed by atoms with Gasteiger partial charge in [-0.1, -0.05) is 31.5 Å². The highest BCUT2D eigenvalue weighted by Crippen LogP contribution is 2.17. The van der Waals surface area contributed by atoms with E-state index in [1.165, 1.54) is 0 Å². The molecule has 2 N–H and O–H groups in total. The molecule has 0 aromatic heterocycles. The van der Waals surface area contributed by atoms with Crippen molar-refractivity contribution in [1.29, 1.82) is 0 Å². The first-order valence-electron chi connectivity index (χ1n) is 8.64. The third-order valence-corrected chi connectivity index (χ3v) is 5.42. The molecule has 8 heteroatoms. The van der Waals surface area contributed by atoms with Crippen molar-refractivity contribution in [2.45, 2.75) is 57.5 Å². The Balaban J connectivity index is 0.00000625. The molecule has 1 aromatic rings. The van der Waals surface area contributed by atoms with Crippen molar-refractivity contribution in [3.05, 3.63) is 29.8 Å². The molecule has 150 valence electrons. The summed E-state index contributed by atoms with van der Waals surface area (Å²) in [4.78, 5) is 6.62. The molecule has 0 radical (unpaired) electrons. The number of nitrogens with one attached hydrogen (secondary N) is 2. The predicted molar refractivity (Wildman–Crippen MR) is 120 cm³/mol. The number of guanidine groups is 1. The van der Waals surface area contributed by atoms with Crippen LogP contribution in [0.2, 0.25) is 0 Å². The smallest absolute Gasteiger partial charge is 0.241 e. The van der Waals surface area contributed by atoms with Crippen molar-refractivity contribution >= 4 is 40.0 Å². The third-order valence-electron chi connectivity index (χ3n) is 3.56. The number of halogens is 1. The average Bonchev–Trinajstić information content (AvgIpc) is 2.51. The van der Waals surface area contributed by atoms with Gasteiger partial charge in [0.25, 0.3) is 0 Å². The van der Waals surface area contributed by atoms with Gasteiger partial charge in [0, 0.05) is 32.7 Å². The summed E-state index contributed by atoms with van der Waals surface area (Å²) in [6, 6.07) is 7.04. The number of benzene rings is 1. The summed E-state index contributed by atoms with van der Waals surface area (Å²) in [6.45, 7) is 8.93. The van der Waals surface area contributed by atoms with Gasteiger partial charge in [0.2, 0.25) is 10.0 Å². The molecule has 1 rings (SSSR count). The van der Waals surface area contributed by atoms with Gasteiger partial charge in [-0.25, -0.2) is 13.1 Å². The number of nitrogens with zero attached hydrogens (tertiary/aromatic N) is 2. The zero-order chi connectivity index (χ0) is 19.1. The van der Waals surface area contributed by atoms with E-state index in [4.69, 9.17) is 0 Å². The summed E-state index contributed by atoms with van der Waals surface area (Å²) in [5.41, 5.74) is 0.180. The van der Waals surface area contributed by atoms with Crippen molar-refractivity contribution in [2.75, 3.05) is 20.6 Å². The Bertz CT molecular complexity index is 685. The molecule has 26 heavy (non-hydrogen) atoms. The van der Waals surface area contributed by atoms with Crippen LogP contribution < -0.4 is 10.0 Å². The van der Waals surface area contributed by atoms with Gasteiger partial charge >= 0.3 is 0 Å². The molecule has 0 saturated heterocycles. The van der Waals surface area contributed by atoms with E-state index >= 15 is 0 Å². The Morgan fingerprint density at radius 1 is 1.23 bits per heavy atom. The first kappa shape index (κ1) is 25.1. The second-order valence-corrected chi connectivity index (χ2v) is 8.79. The minimum atomic E-state index is -3.58. The van der Waals surface area contributed by atoms with E-state index in [0.29, 0.717) is 17.0 Å². The lowest BCUT2D eigenvalue weighted by atomic mass is 10.1. The van der Waals surface area contributed by atoms with Crippen molar-refractivity contribution in [3.63, 3.8) is 0 Å². The van der Waals surface area contributed by atoms with Gasteiger partial charge < -0.3 is 10.2 Å². The monoisotopic (exact) mass is 496 g/mol. The highest BCUT2D eigenvalue weighted by atomic mass is 127. The van der Waals surface area contributed by atoms with Gasteiger partial charge in [-0.05, 0) is 38.8 Å². The fourth-order valence-electron chi connectivity index (χ4n) is 2.43. The molecule has 0 heterocycles. The lowest BCUT2D eigenvalue weighted by Crippen LogP contribution is -2.41. The highest BCUT2D eigenvalue weighted by Gasteiger charge is 2.24. The number of sulfonamides is 1. The number of unbranched alkanes of at least 4 members (excludes halogenated alkanes) is 1. The van der Waals surface area contributed by atoms with Crippen LogP contribution in [0.25, 0.3) is 0 Å². The van der Waals surface area contributed by atoms with Gasteiger partial charge in [-0.3, -0.25) is 4.99 Å². The third kappa shape index (κ3) is 8.22. The molecule has 0 amide bonds. The summed E-state index contributed by atoms with van der Waals surface area (Å²) in [6.07, 6.45) is 2.19. The fourth-order valence-corrected chi connectivity index (χ4v) is 4.09. The van der Waals surface area contributed by atoms with E-state index in [-0.39, 0.29) is 24.0 Å². The maximum atomic E-state index is 12.7. The van der Waals surface area contributed by atoms with Gasteiger partial charge in [0.1, 0.15) is 0 Å². The Labute approximate surface area is 175 Å². The van der Waals surface area contributed by atoms with Crippen molar-refractivity contribution < 1.29 is 8.42 Å². The zero-order valence-corrected chi connectivity index (χ0v) is 19.8. The largest absolute Gasteiger partial charge is 0.352 e. The van der Waals surface area contributed by atoms with Crippen molar-refractivity contribution in [2.24, 2.45) is 4.99 Å². The molecule has 6 nitrogen and oxygen atoms in total. The number of hydrogen-bond acceptors (Lipinski definition) is 3. The minimum absolute atomic E-state index is 0. The first-order valence-corrected chi connectivity index (χ1v) is 10.1. The molecule has 0 unspecified atom stereocenters. The van der Waals surface area contributed by atoms with Crippen LogP contribution >= 0.6 is 24.0 Å². The Hall–Kier alpha value is -0.870. The van der Waals surface area contributed by atoms with Gasteiger partial charge in [-0.15, -0.1) is 24.0 Å². The van der Waals surface area contributed by atoms with E-state index in [2.05, 4.69) is 22.0 Å². The van der Waals surface area contributed by atoms with E-state index in [1.54, 1.807) is 19.2 Å². The molecule has 0 atom stereocenters. The number of rotatable bonds is 7. The van der Waals surface area contributed by atoms with Gasteiger partial charge in [0.15, 0.2) is 5.96 Å². The van der Waals surface area contributed by atoms with Crippen LogP contribution in [0.3, 0.4) is 0 Å². The normalized spacial score (nSPS) is 12.5. The Morgan fingerprint density at radius 3 is 2.38 bits per heavy atom. The second-order valence-electron chi connectivity index (χ2n) is 7.14. The van der Waals surface area contributed by atoms with Crippen LogP contribution in [0.4, 0.5) is 0 Å². The van der Waals surface area contributed by atoms with Gasteiger partial charge in [0.05, 0.1) is 4.90 Å². The number of aliphatic imine (C=N–C) groups is 1. The molecule has 0 fully saturated rings. The standard InChI is InChI=1S/C18H32N4O2S.HI/c1-7-8-13-22(6)17(19-5)20-14-15-11-9-10-12-16(15)25(23,24)21-18(2,3)4;/h9-12,21H,7-8,13-14H2,1-6H3,(H,19,20);1H. The summed E-state index contributed by atoms with van der Waals surface area (Å²) in [7, 11) is 0.131. The van der Waals surface area contributed by atoms with Crippen LogP contribution in [-0.2, 0) is 16.6 Å². The Morgan fingerprint density at radius 2 is 1.85 bits per heavy atom. The molecule has 0 aliphatic carbocycles. The maximum absolute atomic E-state index is 12.7. The molecule has 0 saturated carbocycles. The van der Waals surface area contributed by atoms with Crippen LogP contribution in [0, 0.1) is 0 Å². The van der Waals surface area contributed by atoms with Crippen molar-refractivity contribution in [1.82, 2.24) is 14.9 Å². The van der Waals surface area contributed by atoms with E-state index < -0.39 is 15.6 Å². The molecular formula is C18H33IN4O2S. The van der Waals surface area contributed by atoms with Crippen LogP contribution in [-0.4, -0.2) is 45.5 Å². The average molecular weight is 496 g/mol. The van der Waals surface area contributed by atoms with E-state index in [1.807, 2.05) is 44.9 Å². The Kier molecular flexibility index (Phi) is 10.7. The fraction of sp³-hybridized carbons (Fsp3) is 0.611. The summed E-state index contributed by atoms with van der Waals surface area (Å²) < 4.78 is 28.1. The lowest BCUT2D eigenvalue weighted by molar-refractivity contribution is 0.464.